The van der Waals surface area contributed by atoms with Gasteiger partial charge in [0, 0.05) is 29.3 Å². The SMILES string of the molecule is O=C(N=C1CCC[C@@H](n2c(-c3ccccc3F)nc3cnc(-n4nccn4)cc32)C1)c1cc(Cl)ccc1OCCO. The monoisotopic (exact) mass is 573 g/mol. The van der Waals surface area contributed by atoms with E-state index in [-0.39, 0.29) is 30.6 Å². The van der Waals surface area contributed by atoms with Crippen LogP contribution in [0.25, 0.3) is 28.2 Å². The molecule has 10 nitrogen and oxygen atoms in total. The number of carbonyl (C=O) groups excluding carboxylic acids is 1. The molecular weight excluding hydrogens is 549 g/mol. The van der Waals surface area contributed by atoms with Gasteiger partial charge in [-0.2, -0.15) is 10.2 Å². The normalized spacial score (nSPS) is 16.4. The number of hydrogen-bond acceptors (Lipinski definition) is 7. The predicted octanol–water partition coefficient (Wildman–Crippen LogP) is 5.24. The van der Waals surface area contributed by atoms with Crippen molar-refractivity contribution in [2.45, 2.75) is 31.7 Å². The zero-order valence-electron chi connectivity index (χ0n) is 21.8. The van der Waals surface area contributed by atoms with E-state index >= 15 is 4.39 Å². The van der Waals surface area contributed by atoms with Crippen LogP contribution in [0.15, 0.2) is 72.1 Å². The van der Waals surface area contributed by atoms with Gasteiger partial charge in [-0.3, -0.25) is 4.79 Å². The molecule has 1 fully saturated rings. The molecule has 5 aromatic rings. The molecule has 0 bridgehead atoms. The fraction of sp³-hybridized carbons (Fsp3) is 0.241. The Labute approximate surface area is 239 Å². The summed E-state index contributed by atoms with van der Waals surface area (Å²) in [5, 5.41) is 17.9. The number of hydrogen-bond donors (Lipinski definition) is 1. The number of pyridine rings is 1. The molecule has 0 radical (unpaired) electrons. The number of carbonyl (C=O) groups is 1. The molecule has 0 spiro atoms. The summed E-state index contributed by atoms with van der Waals surface area (Å²) in [5.74, 6) is 0.414. The van der Waals surface area contributed by atoms with E-state index in [1.807, 2.05) is 10.6 Å². The zero-order chi connectivity index (χ0) is 28.3. The number of aliphatic hydroxyl groups excluding tert-OH is 1. The van der Waals surface area contributed by atoms with Gasteiger partial charge < -0.3 is 14.4 Å². The number of halogens is 2. The van der Waals surface area contributed by atoms with Gasteiger partial charge in [0.05, 0.1) is 41.8 Å². The fourth-order valence-corrected chi connectivity index (χ4v) is 5.30. The number of ether oxygens (including phenoxy) is 1. The van der Waals surface area contributed by atoms with Crippen LogP contribution in [-0.2, 0) is 0 Å². The van der Waals surface area contributed by atoms with Crippen LogP contribution in [0.1, 0.15) is 42.1 Å². The molecule has 12 heteroatoms. The minimum Gasteiger partial charge on any atom is -0.490 e. The van der Waals surface area contributed by atoms with Crippen LogP contribution >= 0.6 is 11.6 Å². The molecule has 6 rings (SSSR count). The topological polar surface area (TPSA) is 120 Å². The van der Waals surface area contributed by atoms with E-state index in [2.05, 4.69) is 20.2 Å². The fourth-order valence-electron chi connectivity index (χ4n) is 5.13. The van der Waals surface area contributed by atoms with Crippen LogP contribution in [-0.4, -0.2) is 59.5 Å². The van der Waals surface area contributed by atoms with Crippen LogP contribution in [0.2, 0.25) is 5.02 Å². The molecule has 0 aliphatic heterocycles. The van der Waals surface area contributed by atoms with Crippen molar-refractivity contribution >= 4 is 34.3 Å². The number of imidazole rings is 1. The number of aromatic nitrogens is 6. The number of fused-ring (bicyclic) bond motifs is 1. The van der Waals surface area contributed by atoms with E-state index in [0.717, 1.165) is 18.4 Å². The third-order valence-corrected chi connectivity index (χ3v) is 7.15. The summed E-state index contributed by atoms with van der Waals surface area (Å²) in [7, 11) is 0. The molecular formula is C29H25ClFN7O3. The second kappa shape index (κ2) is 11.6. The van der Waals surface area contributed by atoms with Gasteiger partial charge in [0.15, 0.2) is 5.82 Å². The Hall–Kier alpha value is -4.48. The van der Waals surface area contributed by atoms with Gasteiger partial charge in [-0.15, -0.1) is 4.80 Å². The van der Waals surface area contributed by atoms with Crippen molar-refractivity contribution in [3.8, 4) is 23.0 Å². The first-order valence-electron chi connectivity index (χ1n) is 13.2. The Kier molecular flexibility index (Phi) is 7.53. The molecule has 41 heavy (non-hydrogen) atoms. The molecule has 1 amide bonds. The highest BCUT2D eigenvalue weighted by molar-refractivity contribution is 6.31. The minimum absolute atomic E-state index is 0.0397. The van der Waals surface area contributed by atoms with E-state index in [1.54, 1.807) is 48.9 Å². The Balaban J connectivity index is 1.40. The van der Waals surface area contributed by atoms with Crippen LogP contribution in [0, 0.1) is 5.82 Å². The van der Waals surface area contributed by atoms with Crippen molar-refractivity contribution in [2.24, 2.45) is 4.99 Å². The number of benzene rings is 2. The second-order valence-electron chi connectivity index (χ2n) is 9.58. The molecule has 0 unspecified atom stereocenters. The lowest BCUT2D eigenvalue weighted by Crippen LogP contribution is -2.21. The average molecular weight is 574 g/mol. The smallest absolute Gasteiger partial charge is 0.280 e. The molecule has 1 atom stereocenters. The number of aliphatic hydroxyl groups is 1. The first-order valence-corrected chi connectivity index (χ1v) is 13.5. The summed E-state index contributed by atoms with van der Waals surface area (Å²) in [6.07, 6.45) is 7.41. The van der Waals surface area contributed by atoms with E-state index in [9.17, 15) is 4.79 Å². The van der Waals surface area contributed by atoms with Gasteiger partial charge in [-0.25, -0.2) is 19.4 Å². The maximum Gasteiger partial charge on any atom is 0.280 e. The Morgan fingerprint density at radius 2 is 2.00 bits per heavy atom. The first kappa shape index (κ1) is 26.7. The first-order chi connectivity index (χ1) is 20.0. The standard InChI is InChI=1S/C29H25ClFN7O3/c30-18-8-9-26(41-13-12-39)22(14-18)29(40)35-19-4-3-5-20(15-19)37-25-16-27(38-33-10-11-34-38)32-17-24(25)36-28(37)21-6-1-2-7-23(21)31/h1-2,6-11,14,16-17,20,39H,3-5,12-13,15H2/t20-/m1/s1. The van der Waals surface area contributed by atoms with E-state index in [4.69, 9.17) is 26.4 Å². The Morgan fingerprint density at radius 3 is 2.80 bits per heavy atom. The lowest BCUT2D eigenvalue weighted by atomic mass is 9.92. The van der Waals surface area contributed by atoms with Crippen molar-refractivity contribution in [1.82, 2.24) is 29.5 Å². The zero-order valence-corrected chi connectivity index (χ0v) is 22.6. The average Bonchev–Trinajstić information content (AvgIpc) is 3.65. The number of rotatable bonds is 7. The van der Waals surface area contributed by atoms with Crippen LogP contribution in [0.4, 0.5) is 4.39 Å². The molecule has 1 aliphatic carbocycles. The van der Waals surface area contributed by atoms with E-state index in [0.29, 0.717) is 52.0 Å². The molecule has 208 valence electrons. The van der Waals surface area contributed by atoms with Crippen molar-refractivity contribution in [2.75, 3.05) is 13.2 Å². The predicted molar refractivity (Wildman–Crippen MR) is 151 cm³/mol. The van der Waals surface area contributed by atoms with Gasteiger partial charge in [-0.1, -0.05) is 23.7 Å². The van der Waals surface area contributed by atoms with Crippen molar-refractivity contribution < 1.29 is 19.0 Å². The molecule has 0 saturated heterocycles. The molecule has 2 aromatic carbocycles. The van der Waals surface area contributed by atoms with Crippen LogP contribution in [0.3, 0.4) is 0 Å². The van der Waals surface area contributed by atoms with Crippen LogP contribution in [0.5, 0.6) is 5.75 Å². The lowest BCUT2D eigenvalue weighted by Gasteiger charge is -2.27. The summed E-state index contributed by atoms with van der Waals surface area (Å²) >= 11 is 6.16. The highest BCUT2D eigenvalue weighted by Crippen LogP contribution is 2.36. The van der Waals surface area contributed by atoms with E-state index in [1.165, 1.54) is 16.9 Å². The van der Waals surface area contributed by atoms with Gasteiger partial charge in [0.25, 0.3) is 5.91 Å². The molecule has 3 heterocycles. The summed E-state index contributed by atoms with van der Waals surface area (Å²) in [6, 6.07) is 12.9. The van der Waals surface area contributed by atoms with Crippen LogP contribution < -0.4 is 4.74 Å². The highest BCUT2D eigenvalue weighted by atomic mass is 35.5. The summed E-state index contributed by atoms with van der Waals surface area (Å²) in [5.41, 5.74) is 2.65. The van der Waals surface area contributed by atoms with E-state index < -0.39 is 5.91 Å². The van der Waals surface area contributed by atoms with Crippen molar-refractivity contribution in [3.63, 3.8) is 0 Å². The third-order valence-electron chi connectivity index (χ3n) is 6.92. The summed E-state index contributed by atoms with van der Waals surface area (Å²) in [6.45, 7) is -0.151. The summed E-state index contributed by atoms with van der Waals surface area (Å²) < 4.78 is 22.6. The lowest BCUT2D eigenvalue weighted by molar-refractivity contribution is 0.0996. The van der Waals surface area contributed by atoms with Gasteiger partial charge in [-0.05, 0) is 49.6 Å². The molecule has 1 saturated carbocycles. The van der Waals surface area contributed by atoms with Crippen molar-refractivity contribution in [3.05, 3.63) is 83.5 Å². The van der Waals surface area contributed by atoms with Gasteiger partial charge in [0.2, 0.25) is 0 Å². The quantitative estimate of drug-likeness (QED) is 0.283. The van der Waals surface area contributed by atoms with Gasteiger partial charge >= 0.3 is 0 Å². The summed E-state index contributed by atoms with van der Waals surface area (Å²) in [4.78, 5) is 28.4. The largest absolute Gasteiger partial charge is 0.490 e. The van der Waals surface area contributed by atoms with Crippen molar-refractivity contribution in [1.29, 1.82) is 0 Å². The highest BCUT2D eigenvalue weighted by Gasteiger charge is 2.27. The second-order valence-corrected chi connectivity index (χ2v) is 10.0. The number of nitrogens with zero attached hydrogens (tertiary/aromatic N) is 7. The molecule has 1 aliphatic rings. The number of amides is 1. The molecule has 3 aromatic heterocycles. The molecule has 1 N–H and O–H groups in total. The Bertz CT molecular complexity index is 1750. The maximum atomic E-state index is 15.0. The third kappa shape index (κ3) is 5.46. The maximum absolute atomic E-state index is 15.0. The number of aliphatic imine (C=N–C) groups is 1. The van der Waals surface area contributed by atoms with Gasteiger partial charge in [0.1, 0.15) is 29.5 Å². The Morgan fingerprint density at radius 1 is 1.17 bits per heavy atom. The minimum atomic E-state index is -0.475.